The average Bonchev–Trinajstić information content (AvgIpc) is 3.47. The van der Waals surface area contributed by atoms with Crippen molar-refractivity contribution in [2.45, 2.75) is 32.0 Å². The van der Waals surface area contributed by atoms with Gasteiger partial charge >= 0.3 is 0 Å². The van der Waals surface area contributed by atoms with E-state index in [2.05, 4.69) is 5.10 Å². The van der Waals surface area contributed by atoms with E-state index in [0.29, 0.717) is 18.2 Å². The first-order valence-electron chi connectivity index (χ1n) is 9.23. The van der Waals surface area contributed by atoms with Gasteiger partial charge in [0.05, 0.1) is 12.8 Å². The third kappa shape index (κ3) is 3.78. The second-order valence-corrected chi connectivity index (χ2v) is 7.08. The topological polar surface area (TPSA) is 58.4 Å². The Bertz CT molecular complexity index is 959. The zero-order chi connectivity index (χ0) is 18.8. The molecule has 0 spiro atoms. The number of benzene rings is 2. The molecule has 1 heterocycles. The number of carbonyl (C=O) groups excluding carboxylic acids is 1. The minimum Gasteiger partial charge on any atom is -0.392 e. The van der Waals surface area contributed by atoms with Crippen LogP contribution in [0.5, 0.6) is 0 Å². The number of aliphatic hydroxyl groups excluding tert-OH is 1. The first-order valence-corrected chi connectivity index (χ1v) is 9.23. The molecule has 0 unspecified atom stereocenters. The molecule has 1 fully saturated rings. The van der Waals surface area contributed by atoms with Gasteiger partial charge in [-0.3, -0.25) is 9.48 Å². The van der Waals surface area contributed by atoms with E-state index in [1.54, 1.807) is 4.68 Å². The van der Waals surface area contributed by atoms with Crippen molar-refractivity contribution in [2.24, 2.45) is 7.05 Å². The van der Waals surface area contributed by atoms with Crippen molar-refractivity contribution in [3.05, 3.63) is 77.6 Å². The third-order valence-electron chi connectivity index (χ3n) is 4.97. The number of aromatic nitrogens is 2. The molecule has 0 radical (unpaired) electrons. The molecule has 5 nitrogen and oxygen atoms in total. The Kier molecular flexibility index (Phi) is 4.77. The average molecular weight is 361 g/mol. The van der Waals surface area contributed by atoms with Gasteiger partial charge in [0.2, 0.25) is 0 Å². The van der Waals surface area contributed by atoms with Crippen molar-refractivity contribution < 1.29 is 9.90 Å². The van der Waals surface area contributed by atoms with Crippen LogP contribution in [0.3, 0.4) is 0 Å². The van der Waals surface area contributed by atoms with E-state index < -0.39 is 0 Å². The summed E-state index contributed by atoms with van der Waals surface area (Å²) in [5.41, 5.74) is 4.48. The van der Waals surface area contributed by atoms with E-state index in [1.165, 1.54) is 0 Å². The fraction of sp³-hybridized carbons (Fsp3) is 0.273. The van der Waals surface area contributed by atoms with Crippen molar-refractivity contribution in [3.63, 3.8) is 0 Å². The van der Waals surface area contributed by atoms with Crippen LogP contribution in [0.4, 0.5) is 0 Å². The maximum Gasteiger partial charge on any atom is 0.254 e. The van der Waals surface area contributed by atoms with Crippen LogP contribution in [-0.4, -0.2) is 31.7 Å². The summed E-state index contributed by atoms with van der Waals surface area (Å²) in [6, 6.07) is 15.7. The maximum absolute atomic E-state index is 13.2. The van der Waals surface area contributed by atoms with Crippen molar-refractivity contribution in [1.29, 1.82) is 0 Å². The minimum atomic E-state index is -0.0243. The van der Waals surface area contributed by atoms with E-state index >= 15 is 0 Å². The summed E-state index contributed by atoms with van der Waals surface area (Å²) in [5.74, 6) is 0.0460. The molecule has 0 aliphatic heterocycles. The maximum atomic E-state index is 13.2. The summed E-state index contributed by atoms with van der Waals surface area (Å²) in [6.07, 6.45) is 5.88. The van der Waals surface area contributed by atoms with Gasteiger partial charge in [-0.05, 0) is 41.7 Å². The lowest BCUT2D eigenvalue weighted by molar-refractivity contribution is 0.0730. The number of nitrogens with zero attached hydrogens (tertiary/aromatic N) is 3. The molecule has 1 aromatic heterocycles. The monoisotopic (exact) mass is 361 g/mol. The molecule has 4 rings (SSSR count). The Morgan fingerprint density at radius 2 is 2.04 bits per heavy atom. The molecule has 1 aliphatic carbocycles. The van der Waals surface area contributed by atoms with Crippen molar-refractivity contribution in [2.75, 3.05) is 0 Å². The third-order valence-corrected chi connectivity index (χ3v) is 4.97. The largest absolute Gasteiger partial charge is 0.392 e. The highest BCUT2D eigenvalue weighted by Gasteiger charge is 2.33. The fourth-order valence-corrected chi connectivity index (χ4v) is 3.43. The summed E-state index contributed by atoms with van der Waals surface area (Å²) in [4.78, 5) is 15.2. The number of aliphatic hydroxyl groups is 1. The summed E-state index contributed by atoms with van der Waals surface area (Å²) in [5, 5.41) is 13.8. The van der Waals surface area contributed by atoms with Crippen LogP contribution in [0.2, 0.25) is 0 Å². The number of rotatable bonds is 6. The summed E-state index contributed by atoms with van der Waals surface area (Å²) < 4.78 is 1.76. The van der Waals surface area contributed by atoms with Crippen LogP contribution in [0.1, 0.15) is 34.3 Å². The number of hydrogen-bond acceptors (Lipinski definition) is 3. The van der Waals surface area contributed by atoms with Crippen LogP contribution in [0, 0.1) is 0 Å². The molecular formula is C22H23N3O2. The van der Waals surface area contributed by atoms with Crippen LogP contribution < -0.4 is 0 Å². The lowest BCUT2D eigenvalue weighted by Gasteiger charge is -2.22. The van der Waals surface area contributed by atoms with E-state index in [1.807, 2.05) is 72.9 Å². The molecule has 0 saturated heterocycles. The molecule has 1 aliphatic rings. The zero-order valence-corrected chi connectivity index (χ0v) is 15.4. The fourth-order valence-electron chi connectivity index (χ4n) is 3.43. The van der Waals surface area contributed by atoms with Gasteiger partial charge in [0, 0.05) is 37.0 Å². The molecule has 1 amide bonds. The molecule has 0 atom stereocenters. The smallest absolute Gasteiger partial charge is 0.254 e. The highest BCUT2D eigenvalue weighted by molar-refractivity contribution is 5.96. The van der Waals surface area contributed by atoms with Gasteiger partial charge in [0.25, 0.3) is 5.91 Å². The Balaban J connectivity index is 1.62. The molecular weight excluding hydrogens is 338 g/mol. The highest BCUT2D eigenvalue weighted by atomic mass is 16.3. The van der Waals surface area contributed by atoms with Crippen molar-refractivity contribution in [1.82, 2.24) is 14.7 Å². The SMILES string of the molecule is Cn1cc(CN(C(=O)c2cccc(-c3ccccc3CO)c2)C2CC2)cn1. The molecule has 5 heteroatoms. The minimum absolute atomic E-state index is 0.0243. The standard InChI is InChI=1S/C22H23N3O2/c1-24-13-16(12-23-24)14-25(20-9-10-20)22(27)18-7-4-6-17(11-18)21-8-3-2-5-19(21)15-26/h2-8,11-13,20,26H,9-10,14-15H2,1H3. The van der Waals surface area contributed by atoms with Crippen LogP contribution in [0.25, 0.3) is 11.1 Å². The molecule has 1 N–H and O–H groups in total. The Morgan fingerprint density at radius 3 is 2.74 bits per heavy atom. The van der Waals surface area contributed by atoms with Gasteiger partial charge in [0.15, 0.2) is 0 Å². The van der Waals surface area contributed by atoms with Crippen LogP contribution in [-0.2, 0) is 20.2 Å². The van der Waals surface area contributed by atoms with E-state index in [9.17, 15) is 9.90 Å². The number of amides is 1. The zero-order valence-electron chi connectivity index (χ0n) is 15.4. The van der Waals surface area contributed by atoms with Gasteiger partial charge < -0.3 is 10.0 Å². The van der Waals surface area contributed by atoms with Crippen LogP contribution in [0.15, 0.2) is 60.9 Å². The lowest BCUT2D eigenvalue weighted by Crippen LogP contribution is -2.32. The number of carbonyl (C=O) groups is 1. The predicted molar refractivity (Wildman–Crippen MR) is 104 cm³/mol. The molecule has 2 aromatic carbocycles. The van der Waals surface area contributed by atoms with E-state index in [4.69, 9.17) is 0 Å². The summed E-state index contributed by atoms with van der Waals surface area (Å²) in [6.45, 7) is 0.554. The Labute approximate surface area is 158 Å². The summed E-state index contributed by atoms with van der Waals surface area (Å²) in [7, 11) is 1.88. The molecule has 1 saturated carbocycles. The lowest BCUT2D eigenvalue weighted by atomic mass is 9.98. The van der Waals surface area contributed by atoms with Crippen LogP contribution >= 0.6 is 0 Å². The first kappa shape index (κ1) is 17.5. The van der Waals surface area contributed by atoms with Gasteiger partial charge in [-0.25, -0.2) is 0 Å². The number of hydrogen-bond donors (Lipinski definition) is 1. The van der Waals surface area contributed by atoms with E-state index in [0.717, 1.165) is 35.1 Å². The second-order valence-electron chi connectivity index (χ2n) is 7.08. The molecule has 138 valence electrons. The highest BCUT2D eigenvalue weighted by Crippen LogP contribution is 2.31. The van der Waals surface area contributed by atoms with Crippen molar-refractivity contribution >= 4 is 5.91 Å². The summed E-state index contributed by atoms with van der Waals surface area (Å²) >= 11 is 0. The normalized spacial score (nSPS) is 13.6. The molecule has 0 bridgehead atoms. The first-order chi connectivity index (χ1) is 13.2. The predicted octanol–water partition coefficient (Wildman–Crippen LogP) is 3.38. The quantitative estimate of drug-likeness (QED) is 0.732. The molecule has 3 aromatic rings. The van der Waals surface area contributed by atoms with Gasteiger partial charge in [-0.15, -0.1) is 0 Å². The Hall–Kier alpha value is -2.92. The Morgan fingerprint density at radius 1 is 1.22 bits per heavy atom. The van der Waals surface area contributed by atoms with Crippen molar-refractivity contribution in [3.8, 4) is 11.1 Å². The van der Waals surface area contributed by atoms with Gasteiger partial charge in [0.1, 0.15) is 0 Å². The molecule has 27 heavy (non-hydrogen) atoms. The van der Waals surface area contributed by atoms with Gasteiger partial charge in [-0.2, -0.15) is 5.10 Å². The second kappa shape index (κ2) is 7.37. The number of aryl methyl sites for hydroxylation is 1. The van der Waals surface area contributed by atoms with Gasteiger partial charge in [-0.1, -0.05) is 36.4 Å². The van der Waals surface area contributed by atoms with E-state index in [-0.39, 0.29) is 12.5 Å².